The standard InChI is InChI=1S/C12H12O3/c1-4-11(15-12(13)14-3)10-7-5-6-9(2)8-10/h1,5-8,11H,2-3H3. The van der Waals surface area contributed by atoms with Crippen molar-refractivity contribution in [1.82, 2.24) is 0 Å². The molecule has 0 radical (unpaired) electrons. The molecule has 15 heavy (non-hydrogen) atoms. The highest BCUT2D eigenvalue weighted by atomic mass is 16.7. The Hall–Kier alpha value is -1.95. The van der Waals surface area contributed by atoms with Crippen molar-refractivity contribution in [3.05, 3.63) is 35.4 Å². The van der Waals surface area contributed by atoms with Crippen molar-refractivity contribution in [1.29, 1.82) is 0 Å². The van der Waals surface area contributed by atoms with Crippen LogP contribution in [0.1, 0.15) is 17.2 Å². The number of ether oxygens (including phenoxy) is 2. The van der Waals surface area contributed by atoms with E-state index in [1.165, 1.54) is 7.11 Å². The molecule has 0 saturated heterocycles. The van der Waals surface area contributed by atoms with Crippen molar-refractivity contribution in [3.63, 3.8) is 0 Å². The summed E-state index contributed by atoms with van der Waals surface area (Å²) >= 11 is 0. The topological polar surface area (TPSA) is 35.5 Å². The largest absolute Gasteiger partial charge is 0.509 e. The predicted molar refractivity (Wildman–Crippen MR) is 56.2 cm³/mol. The molecule has 0 saturated carbocycles. The molecular formula is C12H12O3. The first-order valence-electron chi connectivity index (χ1n) is 4.44. The highest BCUT2D eigenvalue weighted by molar-refractivity contribution is 5.60. The quantitative estimate of drug-likeness (QED) is 0.548. The van der Waals surface area contributed by atoms with Gasteiger partial charge in [-0.05, 0) is 6.92 Å². The molecule has 1 atom stereocenters. The van der Waals surface area contributed by atoms with E-state index in [2.05, 4.69) is 10.7 Å². The summed E-state index contributed by atoms with van der Waals surface area (Å²) in [6.45, 7) is 1.94. The lowest BCUT2D eigenvalue weighted by Gasteiger charge is -2.11. The second-order valence-electron chi connectivity index (χ2n) is 3.03. The number of terminal acetylenes is 1. The third-order valence-corrected chi connectivity index (χ3v) is 1.88. The van der Waals surface area contributed by atoms with Crippen LogP contribution < -0.4 is 0 Å². The van der Waals surface area contributed by atoms with E-state index in [9.17, 15) is 4.79 Å². The van der Waals surface area contributed by atoms with Gasteiger partial charge in [-0.1, -0.05) is 35.7 Å². The minimum Gasteiger partial charge on any atom is -0.438 e. The first kappa shape index (κ1) is 11.1. The molecule has 0 spiro atoms. The van der Waals surface area contributed by atoms with Crippen LogP contribution in [0.2, 0.25) is 0 Å². The number of benzene rings is 1. The third kappa shape index (κ3) is 3.03. The van der Waals surface area contributed by atoms with Gasteiger partial charge in [0.2, 0.25) is 0 Å². The number of carbonyl (C=O) groups is 1. The van der Waals surface area contributed by atoms with E-state index >= 15 is 0 Å². The molecular weight excluding hydrogens is 192 g/mol. The van der Waals surface area contributed by atoms with Crippen LogP contribution in [0.3, 0.4) is 0 Å². The summed E-state index contributed by atoms with van der Waals surface area (Å²) in [5.74, 6) is 2.39. The van der Waals surface area contributed by atoms with Crippen LogP contribution in [0, 0.1) is 19.3 Å². The molecule has 0 aromatic heterocycles. The van der Waals surface area contributed by atoms with Crippen molar-refractivity contribution >= 4 is 6.16 Å². The highest BCUT2D eigenvalue weighted by Crippen LogP contribution is 2.18. The Labute approximate surface area is 89.0 Å². The summed E-state index contributed by atoms with van der Waals surface area (Å²) in [5.41, 5.74) is 1.82. The van der Waals surface area contributed by atoms with Gasteiger partial charge in [0.1, 0.15) is 0 Å². The molecule has 1 aromatic carbocycles. The van der Waals surface area contributed by atoms with E-state index in [1.54, 1.807) is 6.07 Å². The van der Waals surface area contributed by atoms with E-state index in [0.717, 1.165) is 11.1 Å². The molecule has 0 bridgehead atoms. The minimum atomic E-state index is -0.778. The molecule has 0 heterocycles. The molecule has 0 aliphatic heterocycles. The predicted octanol–water partition coefficient (Wildman–Crippen LogP) is 2.45. The van der Waals surface area contributed by atoms with Gasteiger partial charge in [0.05, 0.1) is 7.11 Å². The summed E-state index contributed by atoms with van der Waals surface area (Å²) in [5, 5.41) is 0. The molecule has 0 amide bonds. The van der Waals surface area contributed by atoms with E-state index in [1.807, 2.05) is 25.1 Å². The van der Waals surface area contributed by atoms with Crippen LogP contribution >= 0.6 is 0 Å². The van der Waals surface area contributed by atoms with Gasteiger partial charge in [0, 0.05) is 5.56 Å². The van der Waals surface area contributed by atoms with Gasteiger partial charge in [0.25, 0.3) is 0 Å². The van der Waals surface area contributed by atoms with E-state index in [-0.39, 0.29) is 0 Å². The first-order valence-corrected chi connectivity index (χ1v) is 4.44. The third-order valence-electron chi connectivity index (χ3n) is 1.88. The first-order chi connectivity index (χ1) is 7.17. The SMILES string of the molecule is C#CC(OC(=O)OC)c1cccc(C)c1. The molecule has 0 N–H and O–H groups in total. The fourth-order valence-corrected chi connectivity index (χ4v) is 1.18. The Morgan fingerprint density at radius 3 is 2.80 bits per heavy atom. The van der Waals surface area contributed by atoms with Crippen molar-refractivity contribution in [3.8, 4) is 12.3 Å². The molecule has 0 aliphatic carbocycles. The van der Waals surface area contributed by atoms with Gasteiger partial charge in [-0.2, -0.15) is 0 Å². The smallest absolute Gasteiger partial charge is 0.438 e. The molecule has 0 aliphatic rings. The van der Waals surface area contributed by atoms with Crippen LogP contribution in [-0.4, -0.2) is 13.3 Å². The number of methoxy groups -OCH3 is 1. The Balaban J connectivity index is 2.84. The van der Waals surface area contributed by atoms with Crippen molar-refractivity contribution < 1.29 is 14.3 Å². The maximum absolute atomic E-state index is 10.9. The van der Waals surface area contributed by atoms with Crippen molar-refractivity contribution in [2.45, 2.75) is 13.0 Å². The van der Waals surface area contributed by atoms with Gasteiger partial charge in [-0.3, -0.25) is 0 Å². The lowest BCUT2D eigenvalue weighted by Crippen LogP contribution is -2.09. The second kappa shape index (κ2) is 5.06. The number of hydrogen-bond donors (Lipinski definition) is 0. The van der Waals surface area contributed by atoms with Crippen LogP contribution in [0.25, 0.3) is 0 Å². The Kier molecular flexibility index (Phi) is 3.75. The van der Waals surface area contributed by atoms with Gasteiger partial charge in [0.15, 0.2) is 6.10 Å². The lowest BCUT2D eigenvalue weighted by atomic mass is 10.1. The van der Waals surface area contributed by atoms with Gasteiger partial charge < -0.3 is 9.47 Å². The van der Waals surface area contributed by atoms with E-state index in [0.29, 0.717) is 0 Å². The normalized spacial score (nSPS) is 11.3. The molecule has 1 rings (SSSR count). The van der Waals surface area contributed by atoms with Crippen molar-refractivity contribution in [2.75, 3.05) is 7.11 Å². The average Bonchev–Trinajstić information content (AvgIpc) is 2.25. The maximum Gasteiger partial charge on any atom is 0.509 e. The van der Waals surface area contributed by atoms with Gasteiger partial charge >= 0.3 is 6.16 Å². The number of rotatable bonds is 2. The summed E-state index contributed by atoms with van der Waals surface area (Å²) in [6.07, 6.45) is 3.80. The van der Waals surface area contributed by atoms with Crippen LogP contribution in [-0.2, 0) is 9.47 Å². The lowest BCUT2D eigenvalue weighted by molar-refractivity contribution is 0.0550. The van der Waals surface area contributed by atoms with Gasteiger partial charge in [-0.25, -0.2) is 4.79 Å². The number of hydrogen-bond acceptors (Lipinski definition) is 3. The highest BCUT2D eigenvalue weighted by Gasteiger charge is 2.13. The summed E-state index contributed by atoms with van der Waals surface area (Å²) in [4.78, 5) is 10.9. The van der Waals surface area contributed by atoms with Crippen molar-refractivity contribution in [2.24, 2.45) is 0 Å². The van der Waals surface area contributed by atoms with Gasteiger partial charge in [-0.15, -0.1) is 6.42 Å². The van der Waals surface area contributed by atoms with Crippen LogP contribution in [0.5, 0.6) is 0 Å². The zero-order valence-electron chi connectivity index (χ0n) is 8.69. The molecule has 0 fully saturated rings. The van der Waals surface area contributed by atoms with Crippen LogP contribution in [0.15, 0.2) is 24.3 Å². The summed E-state index contributed by atoms with van der Waals surface area (Å²) in [6, 6.07) is 7.47. The fraction of sp³-hybridized carbons (Fsp3) is 0.250. The number of carbonyl (C=O) groups excluding carboxylic acids is 1. The molecule has 3 nitrogen and oxygen atoms in total. The summed E-state index contributed by atoms with van der Waals surface area (Å²) in [7, 11) is 1.24. The molecule has 78 valence electrons. The number of aryl methyl sites for hydroxylation is 1. The molecule has 1 unspecified atom stereocenters. The van der Waals surface area contributed by atoms with E-state index < -0.39 is 12.3 Å². The summed E-state index contributed by atoms with van der Waals surface area (Å²) < 4.78 is 9.27. The Bertz CT molecular complexity index is 390. The molecule has 1 aromatic rings. The zero-order valence-corrected chi connectivity index (χ0v) is 8.69. The van der Waals surface area contributed by atoms with Crippen LogP contribution in [0.4, 0.5) is 4.79 Å². The zero-order chi connectivity index (χ0) is 11.3. The fourth-order valence-electron chi connectivity index (χ4n) is 1.18. The second-order valence-corrected chi connectivity index (χ2v) is 3.03. The maximum atomic E-state index is 10.9. The average molecular weight is 204 g/mol. The molecule has 3 heteroatoms. The Morgan fingerprint density at radius 1 is 1.53 bits per heavy atom. The van der Waals surface area contributed by atoms with E-state index in [4.69, 9.17) is 11.2 Å². The Morgan fingerprint density at radius 2 is 2.27 bits per heavy atom. The monoisotopic (exact) mass is 204 g/mol. The minimum absolute atomic E-state index is 0.697.